The van der Waals surface area contributed by atoms with E-state index in [0.717, 1.165) is 46.6 Å². The fraction of sp³-hybridized carbons (Fsp3) is 0.286. The molecule has 0 atom stereocenters. The largest absolute Gasteiger partial charge is 0.354 e. The van der Waals surface area contributed by atoms with Crippen LogP contribution in [0.3, 0.4) is 0 Å². The molecule has 0 fully saturated rings. The van der Waals surface area contributed by atoms with Crippen molar-refractivity contribution >= 4 is 39.7 Å². The van der Waals surface area contributed by atoms with E-state index >= 15 is 0 Å². The number of hydrogen-bond donors (Lipinski definition) is 1. The number of benzene rings is 2. The number of imidazole rings is 2. The summed E-state index contributed by atoms with van der Waals surface area (Å²) in [7, 11) is 0. The number of fused-ring (bicyclic) bond motifs is 2. The van der Waals surface area contributed by atoms with E-state index < -0.39 is 0 Å². The number of rotatable bonds is 8. The van der Waals surface area contributed by atoms with E-state index in [4.69, 9.17) is 0 Å². The first kappa shape index (κ1) is 18.6. The molecule has 4 aromatic rings. The molecule has 0 saturated heterocycles. The van der Waals surface area contributed by atoms with Gasteiger partial charge in [-0.1, -0.05) is 24.3 Å². The number of aromatic nitrogens is 4. The summed E-state index contributed by atoms with van der Waals surface area (Å²) >= 11 is 1.71. The molecule has 6 nitrogen and oxygen atoms in total. The van der Waals surface area contributed by atoms with Crippen LogP contribution in [0.1, 0.15) is 12.2 Å². The Bertz CT molecular complexity index is 1100. The second-order valence-corrected chi connectivity index (χ2v) is 7.53. The average molecular weight is 394 g/mol. The zero-order valence-electron chi connectivity index (χ0n) is 15.8. The zero-order chi connectivity index (χ0) is 19.3. The number of carbonyl (C=O) groups is 1. The fourth-order valence-corrected chi connectivity index (χ4v) is 3.88. The minimum absolute atomic E-state index is 0.0148. The molecule has 4 rings (SSSR count). The molecule has 0 bridgehead atoms. The Morgan fingerprint density at radius 1 is 1.07 bits per heavy atom. The lowest BCUT2D eigenvalue weighted by Gasteiger charge is -2.10. The molecule has 1 N–H and O–H groups in total. The summed E-state index contributed by atoms with van der Waals surface area (Å²) in [4.78, 5) is 21.6. The van der Waals surface area contributed by atoms with Crippen LogP contribution in [0.25, 0.3) is 22.1 Å². The summed E-state index contributed by atoms with van der Waals surface area (Å²) in [6, 6.07) is 16.0. The fourth-order valence-electron chi connectivity index (χ4n) is 3.41. The third kappa shape index (κ3) is 3.89. The predicted molar refractivity (Wildman–Crippen MR) is 114 cm³/mol. The lowest BCUT2D eigenvalue weighted by atomic mass is 10.3. The number of aryl methyl sites for hydroxylation is 1. The van der Waals surface area contributed by atoms with Gasteiger partial charge in [0.25, 0.3) is 0 Å². The van der Waals surface area contributed by atoms with Gasteiger partial charge in [-0.2, -0.15) is 11.8 Å². The number of nitrogens with zero attached hydrogens (tertiary/aromatic N) is 4. The topological polar surface area (TPSA) is 64.7 Å². The minimum atomic E-state index is 0.0148. The van der Waals surface area contributed by atoms with E-state index in [1.165, 1.54) is 0 Å². The van der Waals surface area contributed by atoms with Crippen LogP contribution >= 0.6 is 11.8 Å². The summed E-state index contributed by atoms with van der Waals surface area (Å²) in [6.07, 6.45) is 4.76. The smallest absolute Gasteiger partial charge is 0.240 e. The van der Waals surface area contributed by atoms with Crippen molar-refractivity contribution in [3.05, 3.63) is 60.7 Å². The molecule has 2 aromatic carbocycles. The van der Waals surface area contributed by atoms with Crippen LogP contribution in [0, 0.1) is 0 Å². The van der Waals surface area contributed by atoms with E-state index in [2.05, 4.69) is 25.9 Å². The van der Waals surface area contributed by atoms with E-state index in [-0.39, 0.29) is 5.91 Å². The van der Waals surface area contributed by atoms with Gasteiger partial charge in [0.15, 0.2) is 0 Å². The van der Waals surface area contributed by atoms with Gasteiger partial charge in [0.05, 0.1) is 34.1 Å². The highest BCUT2D eigenvalue weighted by Crippen LogP contribution is 2.18. The molecule has 144 valence electrons. The predicted octanol–water partition coefficient (Wildman–Crippen LogP) is 3.46. The van der Waals surface area contributed by atoms with E-state index in [0.29, 0.717) is 13.1 Å². The van der Waals surface area contributed by atoms with E-state index in [1.807, 2.05) is 59.6 Å². The third-order valence-electron chi connectivity index (χ3n) is 4.73. The Balaban J connectivity index is 1.35. The molecule has 0 aliphatic heterocycles. The van der Waals surface area contributed by atoms with Gasteiger partial charge in [0.2, 0.25) is 5.91 Å². The zero-order valence-corrected chi connectivity index (χ0v) is 16.7. The summed E-state index contributed by atoms with van der Waals surface area (Å²) in [6.45, 7) is 1.76. The number of amides is 1. The molecule has 2 aromatic heterocycles. The van der Waals surface area contributed by atoms with Gasteiger partial charge in [0.1, 0.15) is 12.4 Å². The Hall–Kier alpha value is -2.80. The number of para-hydroxylation sites is 4. The molecule has 0 unspecified atom stereocenters. The maximum atomic E-state index is 12.5. The Morgan fingerprint density at radius 2 is 1.82 bits per heavy atom. The molecule has 0 aliphatic rings. The summed E-state index contributed by atoms with van der Waals surface area (Å²) in [5.74, 6) is 1.74. The number of hydrogen-bond acceptors (Lipinski definition) is 4. The maximum absolute atomic E-state index is 12.5. The van der Waals surface area contributed by atoms with Gasteiger partial charge >= 0.3 is 0 Å². The van der Waals surface area contributed by atoms with Crippen molar-refractivity contribution in [2.24, 2.45) is 0 Å². The van der Waals surface area contributed by atoms with Crippen molar-refractivity contribution < 1.29 is 4.79 Å². The Morgan fingerprint density at radius 3 is 2.64 bits per heavy atom. The molecule has 7 heteroatoms. The molecule has 0 aliphatic carbocycles. The van der Waals surface area contributed by atoms with E-state index in [9.17, 15) is 4.79 Å². The minimum Gasteiger partial charge on any atom is -0.354 e. The van der Waals surface area contributed by atoms with Gasteiger partial charge in [-0.05, 0) is 36.9 Å². The SMILES string of the molecule is CSCc1nc2ccccc2n1CC(=O)NCCCn1cnc2ccccc21. The van der Waals surface area contributed by atoms with Crippen LogP contribution in [-0.4, -0.2) is 37.8 Å². The summed E-state index contributed by atoms with van der Waals surface area (Å²) in [5, 5.41) is 3.04. The standard InChI is InChI=1S/C21H23N5OS/c1-28-14-20-24-17-8-3-5-10-19(17)26(20)13-21(27)22-11-6-12-25-15-23-16-7-2-4-9-18(16)25/h2-5,7-10,15H,6,11-14H2,1H3,(H,22,27). The van der Waals surface area contributed by atoms with Crippen LogP contribution < -0.4 is 5.32 Å². The number of carbonyl (C=O) groups excluding carboxylic acids is 1. The van der Waals surface area contributed by atoms with Crippen molar-refractivity contribution in [3.8, 4) is 0 Å². The number of nitrogens with one attached hydrogen (secondary N) is 1. The molecule has 0 saturated carbocycles. The van der Waals surface area contributed by atoms with Crippen molar-refractivity contribution in [1.29, 1.82) is 0 Å². The van der Waals surface area contributed by atoms with Crippen molar-refractivity contribution in [2.75, 3.05) is 12.8 Å². The van der Waals surface area contributed by atoms with Gasteiger partial charge in [-0.3, -0.25) is 4.79 Å². The van der Waals surface area contributed by atoms with Crippen LogP contribution in [0.2, 0.25) is 0 Å². The molecule has 28 heavy (non-hydrogen) atoms. The summed E-state index contributed by atoms with van der Waals surface area (Å²) < 4.78 is 4.14. The first-order valence-electron chi connectivity index (χ1n) is 9.36. The normalized spacial score (nSPS) is 11.3. The molecule has 0 radical (unpaired) electrons. The lowest BCUT2D eigenvalue weighted by molar-refractivity contribution is -0.121. The van der Waals surface area contributed by atoms with Crippen molar-refractivity contribution in [2.45, 2.75) is 25.3 Å². The highest BCUT2D eigenvalue weighted by Gasteiger charge is 2.13. The Kier molecular flexibility index (Phi) is 5.62. The molecule has 2 heterocycles. The van der Waals surface area contributed by atoms with Crippen LogP contribution in [0.15, 0.2) is 54.9 Å². The van der Waals surface area contributed by atoms with Crippen LogP contribution in [0.5, 0.6) is 0 Å². The maximum Gasteiger partial charge on any atom is 0.240 e. The van der Waals surface area contributed by atoms with Gasteiger partial charge < -0.3 is 14.5 Å². The number of thioether (sulfide) groups is 1. The third-order valence-corrected chi connectivity index (χ3v) is 5.28. The summed E-state index contributed by atoms with van der Waals surface area (Å²) in [5.41, 5.74) is 4.07. The van der Waals surface area contributed by atoms with Crippen molar-refractivity contribution in [3.63, 3.8) is 0 Å². The quantitative estimate of drug-likeness (QED) is 0.466. The second kappa shape index (κ2) is 8.48. The van der Waals surface area contributed by atoms with Crippen LogP contribution in [-0.2, 0) is 23.6 Å². The van der Waals surface area contributed by atoms with Gasteiger partial charge in [-0.25, -0.2) is 9.97 Å². The molecular weight excluding hydrogens is 370 g/mol. The van der Waals surface area contributed by atoms with Gasteiger partial charge in [-0.15, -0.1) is 0 Å². The highest BCUT2D eigenvalue weighted by atomic mass is 32.2. The lowest BCUT2D eigenvalue weighted by Crippen LogP contribution is -2.29. The average Bonchev–Trinajstić information content (AvgIpc) is 3.27. The molecule has 0 spiro atoms. The second-order valence-electron chi connectivity index (χ2n) is 6.67. The molecule has 1 amide bonds. The van der Waals surface area contributed by atoms with Gasteiger partial charge in [0, 0.05) is 13.1 Å². The van der Waals surface area contributed by atoms with Crippen molar-refractivity contribution in [1.82, 2.24) is 24.4 Å². The first-order chi connectivity index (χ1) is 13.8. The Labute approximate surface area is 168 Å². The van der Waals surface area contributed by atoms with Crippen LogP contribution in [0.4, 0.5) is 0 Å². The molecular formula is C21H23N5OS. The highest BCUT2D eigenvalue weighted by molar-refractivity contribution is 7.97. The first-order valence-corrected chi connectivity index (χ1v) is 10.8. The van der Waals surface area contributed by atoms with E-state index in [1.54, 1.807) is 11.8 Å². The monoisotopic (exact) mass is 393 g/mol.